The number of aromatic nitrogens is 1. The van der Waals surface area contributed by atoms with Crippen molar-refractivity contribution in [2.45, 2.75) is 32.7 Å². The molecule has 6 nitrogen and oxygen atoms in total. The van der Waals surface area contributed by atoms with Gasteiger partial charge in [-0.1, -0.05) is 74.0 Å². The van der Waals surface area contributed by atoms with Gasteiger partial charge in [0, 0.05) is 34.2 Å². The fraction of sp³-hybridized carbons (Fsp3) is 0.167. The molecule has 1 aliphatic rings. The number of rotatable bonds is 6. The zero-order chi connectivity index (χ0) is 26.1. The zero-order valence-corrected chi connectivity index (χ0v) is 21.3. The summed E-state index contributed by atoms with van der Waals surface area (Å²) in [5.74, 6) is -1.02. The first-order chi connectivity index (χ1) is 17.9. The van der Waals surface area contributed by atoms with E-state index in [1.54, 1.807) is 18.2 Å². The number of halogens is 1. The van der Waals surface area contributed by atoms with E-state index in [0.717, 1.165) is 33.4 Å². The highest BCUT2D eigenvalue weighted by Crippen LogP contribution is 2.29. The number of anilines is 1. The molecule has 0 radical (unpaired) electrons. The number of urea groups is 1. The summed E-state index contributed by atoms with van der Waals surface area (Å²) in [6.07, 6.45) is 4.42. The van der Waals surface area contributed by atoms with E-state index in [2.05, 4.69) is 19.2 Å². The van der Waals surface area contributed by atoms with Gasteiger partial charge >= 0.3 is 6.03 Å². The molecule has 1 saturated heterocycles. The number of para-hydroxylation sites is 1. The predicted octanol–water partition coefficient (Wildman–Crippen LogP) is 6.52. The summed E-state index contributed by atoms with van der Waals surface area (Å²) >= 11 is 6.39. The topological polar surface area (TPSA) is 71.4 Å². The average molecular weight is 512 g/mol. The summed E-state index contributed by atoms with van der Waals surface area (Å²) in [6, 6.07) is 21.9. The molecule has 1 aliphatic heterocycles. The summed E-state index contributed by atoms with van der Waals surface area (Å²) < 4.78 is 2.03. The van der Waals surface area contributed by atoms with Crippen molar-refractivity contribution in [3.63, 3.8) is 0 Å². The number of nitrogens with one attached hydrogen (secondary N) is 1. The first-order valence-corrected chi connectivity index (χ1v) is 12.6. The van der Waals surface area contributed by atoms with Crippen molar-refractivity contribution in [2.24, 2.45) is 0 Å². The fourth-order valence-electron chi connectivity index (χ4n) is 4.57. The summed E-state index contributed by atoms with van der Waals surface area (Å²) in [5.41, 5.74) is 4.01. The highest BCUT2D eigenvalue weighted by molar-refractivity contribution is 6.39. The van der Waals surface area contributed by atoms with Crippen molar-refractivity contribution in [2.75, 3.05) is 4.90 Å². The van der Waals surface area contributed by atoms with Gasteiger partial charge in [-0.3, -0.25) is 14.9 Å². The lowest BCUT2D eigenvalue weighted by atomic mass is 9.98. The first kappa shape index (κ1) is 24.5. The third-order valence-corrected chi connectivity index (χ3v) is 7.22. The van der Waals surface area contributed by atoms with E-state index in [1.165, 1.54) is 0 Å². The molecule has 0 spiro atoms. The Hall–Kier alpha value is -4.16. The number of fused-ring (bicyclic) bond motifs is 1. The van der Waals surface area contributed by atoms with Crippen molar-refractivity contribution in [1.29, 1.82) is 0 Å². The molecule has 0 saturated carbocycles. The van der Waals surface area contributed by atoms with Crippen molar-refractivity contribution in [3.8, 4) is 0 Å². The van der Waals surface area contributed by atoms with E-state index in [9.17, 15) is 14.4 Å². The Morgan fingerprint density at radius 1 is 0.946 bits per heavy atom. The monoisotopic (exact) mass is 511 g/mol. The minimum Gasteiger partial charge on any atom is -0.342 e. The molecule has 186 valence electrons. The Morgan fingerprint density at radius 3 is 2.38 bits per heavy atom. The van der Waals surface area contributed by atoms with Gasteiger partial charge in [-0.2, -0.15) is 0 Å². The second-order valence-electron chi connectivity index (χ2n) is 9.18. The smallest absolute Gasteiger partial charge is 0.335 e. The van der Waals surface area contributed by atoms with Gasteiger partial charge in [-0.15, -0.1) is 0 Å². The largest absolute Gasteiger partial charge is 0.342 e. The van der Waals surface area contributed by atoms with Gasteiger partial charge in [0.25, 0.3) is 11.8 Å². The van der Waals surface area contributed by atoms with Gasteiger partial charge in [0.2, 0.25) is 0 Å². The lowest BCUT2D eigenvalue weighted by Gasteiger charge is -2.26. The standard InChI is InChI=1S/C30H26ClN3O3/c1-3-19(2)20-12-14-23(15-13-20)34-29(36)25(28(35)32-30(34)37)16-22-18-33(27-11-7-5-9-24(22)27)17-21-8-4-6-10-26(21)31/h4-16,18-19H,3,17H2,1-2H3,(H,32,35,37)/b25-16-/t19-/m0/s1. The molecule has 37 heavy (non-hydrogen) atoms. The number of benzene rings is 3. The number of barbiturate groups is 1. The summed E-state index contributed by atoms with van der Waals surface area (Å²) in [5, 5.41) is 3.86. The van der Waals surface area contributed by atoms with Gasteiger partial charge in [0.05, 0.1) is 5.69 Å². The van der Waals surface area contributed by atoms with Crippen LogP contribution in [0.2, 0.25) is 5.02 Å². The molecular formula is C30H26ClN3O3. The van der Waals surface area contributed by atoms with Crippen LogP contribution in [0.4, 0.5) is 10.5 Å². The lowest BCUT2D eigenvalue weighted by Crippen LogP contribution is -2.54. The summed E-state index contributed by atoms with van der Waals surface area (Å²) in [7, 11) is 0. The molecule has 3 aromatic carbocycles. The van der Waals surface area contributed by atoms with Crippen molar-refractivity contribution >= 4 is 52.1 Å². The van der Waals surface area contributed by atoms with Crippen molar-refractivity contribution in [3.05, 3.63) is 106 Å². The molecule has 1 fully saturated rings. The Kier molecular flexibility index (Phi) is 6.68. The minimum atomic E-state index is -0.760. The number of carbonyl (C=O) groups excluding carboxylic acids is 3. The summed E-state index contributed by atoms with van der Waals surface area (Å²) in [4.78, 5) is 39.9. The number of carbonyl (C=O) groups is 3. The van der Waals surface area contributed by atoms with E-state index in [-0.39, 0.29) is 5.57 Å². The molecule has 1 atom stereocenters. The molecule has 1 N–H and O–H groups in total. The van der Waals surface area contributed by atoms with Crippen LogP contribution in [-0.4, -0.2) is 22.4 Å². The maximum atomic E-state index is 13.5. The van der Waals surface area contributed by atoms with Gasteiger partial charge in [-0.05, 0) is 53.8 Å². The Balaban J connectivity index is 1.53. The van der Waals surface area contributed by atoms with Crippen LogP contribution in [0, 0.1) is 0 Å². The number of nitrogens with zero attached hydrogens (tertiary/aromatic N) is 2. The molecule has 2 heterocycles. The maximum absolute atomic E-state index is 13.5. The number of hydrogen-bond acceptors (Lipinski definition) is 3. The third kappa shape index (κ3) is 4.68. The van der Waals surface area contributed by atoms with E-state index >= 15 is 0 Å². The van der Waals surface area contributed by atoms with Crippen molar-refractivity contribution in [1.82, 2.24) is 9.88 Å². The van der Waals surface area contributed by atoms with Crippen LogP contribution in [-0.2, 0) is 16.1 Å². The van der Waals surface area contributed by atoms with Crippen molar-refractivity contribution < 1.29 is 14.4 Å². The highest BCUT2D eigenvalue weighted by Gasteiger charge is 2.37. The molecule has 0 bridgehead atoms. The normalized spacial score (nSPS) is 15.9. The second-order valence-corrected chi connectivity index (χ2v) is 9.59. The van der Waals surface area contributed by atoms with Gasteiger partial charge in [0.15, 0.2) is 0 Å². The van der Waals surface area contributed by atoms with E-state index < -0.39 is 17.8 Å². The molecular weight excluding hydrogens is 486 g/mol. The first-order valence-electron chi connectivity index (χ1n) is 12.2. The quantitative estimate of drug-likeness (QED) is 0.236. The van der Waals surface area contributed by atoms with Crippen LogP contribution in [0.3, 0.4) is 0 Å². The number of hydrogen-bond donors (Lipinski definition) is 1. The molecule has 0 unspecified atom stereocenters. The average Bonchev–Trinajstić information content (AvgIpc) is 3.25. The molecule has 1 aromatic heterocycles. The van der Waals surface area contributed by atoms with Crippen LogP contribution in [0.5, 0.6) is 0 Å². The molecule has 0 aliphatic carbocycles. The number of amides is 4. The van der Waals surface area contributed by atoms with Gasteiger partial charge in [0.1, 0.15) is 5.57 Å². The van der Waals surface area contributed by atoms with E-state index in [4.69, 9.17) is 11.6 Å². The zero-order valence-electron chi connectivity index (χ0n) is 20.6. The SMILES string of the molecule is CC[C@H](C)c1ccc(N2C(=O)NC(=O)/C(=C/c3cn(Cc4ccccc4Cl)c4ccccc34)C2=O)cc1. The van der Waals surface area contributed by atoms with Crippen LogP contribution < -0.4 is 10.2 Å². The Bertz CT molecular complexity index is 1550. The van der Waals surface area contributed by atoms with Gasteiger partial charge < -0.3 is 4.57 Å². The summed E-state index contributed by atoms with van der Waals surface area (Å²) in [6.45, 7) is 4.75. The van der Waals surface area contributed by atoms with E-state index in [1.807, 2.05) is 71.4 Å². The lowest BCUT2D eigenvalue weighted by molar-refractivity contribution is -0.122. The van der Waals surface area contributed by atoms with Crippen LogP contribution in [0.15, 0.2) is 84.6 Å². The molecule has 5 rings (SSSR count). The molecule has 4 amide bonds. The number of imide groups is 2. The van der Waals surface area contributed by atoms with E-state index in [0.29, 0.717) is 28.7 Å². The van der Waals surface area contributed by atoms with Crippen LogP contribution >= 0.6 is 11.6 Å². The Morgan fingerprint density at radius 2 is 1.65 bits per heavy atom. The maximum Gasteiger partial charge on any atom is 0.335 e. The second kappa shape index (κ2) is 10.1. The van der Waals surface area contributed by atoms with Crippen LogP contribution in [0.25, 0.3) is 17.0 Å². The molecule has 4 aromatic rings. The van der Waals surface area contributed by atoms with Gasteiger partial charge in [-0.25, -0.2) is 9.69 Å². The minimum absolute atomic E-state index is 0.105. The fourth-order valence-corrected chi connectivity index (χ4v) is 4.76. The Labute approximate surface area is 220 Å². The molecule has 7 heteroatoms. The highest BCUT2D eigenvalue weighted by atomic mass is 35.5. The van der Waals surface area contributed by atoms with Crippen LogP contribution in [0.1, 0.15) is 42.9 Å². The predicted molar refractivity (Wildman–Crippen MR) is 147 cm³/mol. The third-order valence-electron chi connectivity index (χ3n) is 6.85.